The van der Waals surface area contributed by atoms with Crippen LogP contribution in [0, 0.1) is 3.57 Å². The van der Waals surface area contributed by atoms with E-state index < -0.39 is 0 Å². The van der Waals surface area contributed by atoms with Crippen molar-refractivity contribution in [2.75, 3.05) is 12.3 Å². The molecule has 3 nitrogen and oxygen atoms in total. The van der Waals surface area contributed by atoms with Gasteiger partial charge in [0.1, 0.15) is 0 Å². The van der Waals surface area contributed by atoms with Crippen LogP contribution >= 0.6 is 22.6 Å². The maximum absolute atomic E-state index is 11.6. The van der Waals surface area contributed by atoms with E-state index in [1.165, 1.54) is 0 Å². The van der Waals surface area contributed by atoms with Gasteiger partial charge in [0.2, 0.25) is 0 Å². The molecule has 0 fully saturated rings. The zero-order chi connectivity index (χ0) is 10.6. The van der Waals surface area contributed by atoms with Gasteiger partial charge in [-0.1, -0.05) is 13.0 Å². The van der Waals surface area contributed by atoms with Crippen LogP contribution in [0.15, 0.2) is 18.2 Å². The zero-order valence-corrected chi connectivity index (χ0v) is 10.2. The second-order valence-electron chi connectivity index (χ2n) is 2.96. The van der Waals surface area contributed by atoms with Gasteiger partial charge < -0.3 is 11.1 Å². The molecule has 0 bridgehead atoms. The molecule has 0 unspecified atom stereocenters. The van der Waals surface area contributed by atoms with Gasteiger partial charge in [0.15, 0.2) is 0 Å². The Hall–Kier alpha value is -0.780. The standard InChI is InChI=1S/C10H13IN2O/c1-2-6-13-10(14)9-7(11)4-3-5-8(9)12/h3-5H,2,6,12H2,1H3,(H,13,14). The van der Waals surface area contributed by atoms with E-state index in [4.69, 9.17) is 5.73 Å². The van der Waals surface area contributed by atoms with Crippen LogP contribution in [0.25, 0.3) is 0 Å². The highest BCUT2D eigenvalue weighted by Gasteiger charge is 2.11. The Kier molecular flexibility index (Phi) is 4.19. The number of halogens is 1. The summed E-state index contributed by atoms with van der Waals surface area (Å²) in [6, 6.07) is 5.45. The number of hydrogen-bond donors (Lipinski definition) is 2. The van der Waals surface area contributed by atoms with Crippen LogP contribution in [0.2, 0.25) is 0 Å². The number of carbonyl (C=O) groups is 1. The lowest BCUT2D eigenvalue weighted by Crippen LogP contribution is -2.25. The van der Waals surface area contributed by atoms with Crippen LogP contribution in [-0.2, 0) is 0 Å². The fraction of sp³-hybridized carbons (Fsp3) is 0.300. The first-order valence-corrected chi connectivity index (χ1v) is 5.57. The Morgan fingerprint density at radius 2 is 2.29 bits per heavy atom. The normalized spacial score (nSPS) is 9.86. The van der Waals surface area contributed by atoms with Gasteiger partial charge in [-0.25, -0.2) is 0 Å². The highest BCUT2D eigenvalue weighted by molar-refractivity contribution is 14.1. The summed E-state index contributed by atoms with van der Waals surface area (Å²) in [4.78, 5) is 11.6. The Morgan fingerprint density at radius 3 is 2.86 bits per heavy atom. The Bertz CT molecular complexity index is 319. The molecule has 0 radical (unpaired) electrons. The summed E-state index contributed by atoms with van der Waals surface area (Å²) in [5.41, 5.74) is 6.85. The lowest BCUT2D eigenvalue weighted by atomic mass is 10.1. The first-order valence-electron chi connectivity index (χ1n) is 4.49. The van der Waals surface area contributed by atoms with Crippen LogP contribution in [-0.4, -0.2) is 12.5 Å². The van der Waals surface area contributed by atoms with Crippen molar-refractivity contribution in [1.82, 2.24) is 5.32 Å². The van der Waals surface area contributed by atoms with Crippen molar-refractivity contribution >= 4 is 34.2 Å². The number of rotatable bonds is 3. The van der Waals surface area contributed by atoms with E-state index in [0.717, 1.165) is 9.99 Å². The molecule has 1 rings (SSSR count). The van der Waals surface area contributed by atoms with Gasteiger partial charge in [-0.15, -0.1) is 0 Å². The van der Waals surface area contributed by atoms with Crippen molar-refractivity contribution in [3.8, 4) is 0 Å². The molecule has 1 aromatic rings. The number of hydrogen-bond acceptors (Lipinski definition) is 2. The third kappa shape index (κ3) is 2.60. The molecular formula is C10H13IN2O. The molecule has 0 saturated heterocycles. The van der Waals surface area contributed by atoms with E-state index in [2.05, 4.69) is 27.9 Å². The lowest BCUT2D eigenvalue weighted by molar-refractivity contribution is 0.0953. The molecule has 14 heavy (non-hydrogen) atoms. The van der Waals surface area contributed by atoms with Crippen molar-refractivity contribution < 1.29 is 4.79 Å². The highest BCUT2D eigenvalue weighted by Crippen LogP contribution is 2.18. The Morgan fingerprint density at radius 1 is 1.57 bits per heavy atom. The van der Waals surface area contributed by atoms with E-state index in [1.807, 2.05) is 19.1 Å². The second-order valence-corrected chi connectivity index (χ2v) is 4.12. The minimum Gasteiger partial charge on any atom is -0.398 e. The van der Waals surface area contributed by atoms with E-state index >= 15 is 0 Å². The summed E-state index contributed by atoms with van der Waals surface area (Å²) in [6.07, 6.45) is 0.926. The first kappa shape index (κ1) is 11.3. The van der Waals surface area contributed by atoms with Crippen LogP contribution in [0.5, 0.6) is 0 Å². The third-order valence-electron chi connectivity index (χ3n) is 1.81. The predicted octanol–water partition coefficient (Wildman–Crippen LogP) is 2.01. The summed E-state index contributed by atoms with van der Waals surface area (Å²) < 4.78 is 0.885. The third-order valence-corrected chi connectivity index (χ3v) is 2.71. The van der Waals surface area contributed by atoms with E-state index in [9.17, 15) is 4.79 Å². The van der Waals surface area contributed by atoms with E-state index in [1.54, 1.807) is 6.07 Å². The number of benzene rings is 1. The molecule has 0 aliphatic heterocycles. The molecule has 0 saturated carbocycles. The maximum Gasteiger partial charge on any atom is 0.254 e. The molecular weight excluding hydrogens is 291 g/mol. The summed E-state index contributed by atoms with van der Waals surface area (Å²) in [7, 11) is 0. The van der Waals surface area contributed by atoms with Gasteiger partial charge in [0.05, 0.1) is 5.56 Å². The van der Waals surface area contributed by atoms with E-state index in [-0.39, 0.29) is 5.91 Å². The summed E-state index contributed by atoms with van der Waals surface area (Å²) in [6.45, 7) is 2.70. The number of anilines is 1. The molecule has 0 spiro atoms. The average Bonchev–Trinajstić information content (AvgIpc) is 2.14. The summed E-state index contributed by atoms with van der Waals surface area (Å²) in [5, 5.41) is 2.81. The van der Waals surface area contributed by atoms with Crippen molar-refractivity contribution in [2.45, 2.75) is 13.3 Å². The number of amides is 1. The summed E-state index contributed by atoms with van der Waals surface area (Å²) >= 11 is 2.11. The van der Waals surface area contributed by atoms with Gasteiger partial charge in [0, 0.05) is 15.8 Å². The highest BCUT2D eigenvalue weighted by atomic mass is 127. The van der Waals surface area contributed by atoms with Gasteiger partial charge in [-0.2, -0.15) is 0 Å². The largest absolute Gasteiger partial charge is 0.398 e. The number of nitrogens with one attached hydrogen (secondary N) is 1. The minimum atomic E-state index is -0.0886. The first-order chi connectivity index (χ1) is 6.66. The Balaban J connectivity index is 2.89. The SMILES string of the molecule is CCCNC(=O)c1c(N)cccc1I. The van der Waals surface area contributed by atoms with Crippen LogP contribution in [0.4, 0.5) is 5.69 Å². The van der Waals surface area contributed by atoms with Crippen LogP contribution in [0.3, 0.4) is 0 Å². The van der Waals surface area contributed by atoms with Crippen molar-refractivity contribution in [3.05, 3.63) is 27.3 Å². The number of nitrogen functional groups attached to an aromatic ring is 1. The van der Waals surface area contributed by atoms with Crippen molar-refractivity contribution in [3.63, 3.8) is 0 Å². The number of nitrogens with two attached hydrogens (primary N) is 1. The number of carbonyl (C=O) groups excluding carboxylic acids is 1. The molecule has 1 amide bonds. The lowest BCUT2D eigenvalue weighted by Gasteiger charge is -2.08. The quantitative estimate of drug-likeness (QED) is 0.663. The van der Waals surface area contributed by atoms with E-state index in [0.29, 0.717) is 17.8 Å². The molecule has 0 atom stereocenters. The summed E-state index contributed by atoms with van der Waals surface area (Å²) in [5.74, 6) is -0.0886. The molecule has 3 N–H and O–H groups in total. The van der Waals surface area contributed by atoms with Gasteiger partial charge >= 0.3 is 0 Å². The van der Waals surface area contributed by atoms with Crippen molar-refractivity contribution in [1.29, 1.82) is 0 Å². The van der Waals surface area contributed by atoms with Gasteiger partial charge in [-0.3, -0.25) is 4.79 Å². The fourth-order valence-corrected chi connectivity index (χ4v) is 1.87. The van der Waals surface area contributed by atoms with Crippen LogP contribution < -0.4 is 11.1 Å². The van der Waals surface area contributed by atoms with Crippen molar-refractivity contribution in [2.24, 2.45) is 0 Å². The molecule has 0 aromatic heterocycles. The Labute approximate surface area is 97.2 Å². The smallest absolute Gasteiger partial charge is 0.254 e. The second kappa shape index (κ2) is 5.19. The topological polar surface area (TPSA) is 55.1 Å². The maximum atomic E-state index is 11.6. The van der Waals surface area contributed by atoms with Gasteiger partial charge in [-0.05, 0) is 41.1 Å². The molecule has 76 valence electrons. The average molecular weight is 304 g/mol. The molecule has 4 heteroatoms. The predicted molar refractivity (Wildman–Crippen MR) is 66.2 cm³/mol. The fourth-order valence-electron chi connectivity index (χ4n) is 1.11. The van der Waals surface area contributed by atoms with Gasteiger partial charge in [0.25, 0.3) is 5.91 Å². The monoisotopic (exact) mass is 304 g/mol. The van der Waals surface area contributed by atoms with Crippen LogP contribution in [0.1, 0.15) is 23.7 Å². The minimum absolute atomic E-state index is 0.0886. The molecule has 0 aliphatic carbocycles. The zero-order valence-electron chi connectivity index (χ0n) is 8.01. The molecule has 1 aromatic carbocycles. The molecule has 0 heterocycles. The molecule has 0 aliphatic rings.